The molecule has 2 saturated heterocycles. The zero-order valence-electron chi connectivity index (χ0n) is 15.4. The minimum atomic E-state index is -0.222. The quantitative estimate of drug-likeness (QED) is 0.748. The lowest BCUT2D eigenvalue weighted by molar-refractivity contribution is -0.134. The first kappa shape index (κ1) is 17.9. The van der Waals surface area contributed by atoms with Crippen LogP contribution in [0.1, 0.15) is 42.6 Å². The number of carbonyl (C=O) groups excluding carboxylic acids is 1. The molecule has 0 bridgehead atoms. The van der Waals surface area contributed by atoms with Crippen molar-refractivity contribution in [1.82, 2.24) is 25.9 Å². The third-order valence-corrected chi connectivity index (χ3v) is 5.46. The number of phenols is 1. The van der Waals surface area contributed by atoms with E-state index in [0.717, 1.165) is 43.7 Å². The average Bonchev–Trinajstić information content (AvgIpc) is 3.32. The number of nitrogens with zero attached hydrogens (tertiary/aromatic N) is 3. The number of amides is 1. The van der Waals surface area contributed by atoms with Crippen molar-refractivity contribution >= 4 is 5.91 Å². The molecule has 0 radical (unpaired) electrons. The molecule has 2 aromatic rings. The molecule has 1 aromatic heterocycles. The van der Waals surface area contributed by atoms with E-state index in [0.29, 0.717) is 18.2 Å². The molecule has 0 saturated carbocycles. The maximum atomic E-state index is 12.8. The summed E-state index contributed by atoms with van der Waals surface area (Å²) in [6.07, 6.45) is 3.43. The van der Waals surface area contributed by atoms with E-state index in [-0.39, 0.29) is 23.7 Å². The molecule has 2 aliphatic rings. The standard InChI is InChI=1S/C19H25N5O3/c1-12-20-18(23-27-12)10-13-6-8-24(9-7-13)19(26)17-11-16(21-22-17)14-2-4-15(25)5-3-14/h2-5,13,16-17,21-22,25H,6-11H2,1H3. The van der Waals surface area contributed by atoms with E-state index in [4.69, 9.17) is 4.52 Å². The van der Waals surface area contributed by atoms with Gasteiger partial charge in [-0.05, 0) is 42.9 Å². The molecule has 8 heteroatoms. The third kappa shape index (κ3) is 4.12. The predicted molar refractivity (Wildman–Crippen MR) is 97.6 cm³/mol. The molecule has 2 unspecified atom stereocenters. The molecule has 8 nitrogen and oxygen atoms in total. The van der Waals surface area contributed by atoms with E-state index in [1.165, 1.54) is 0 Å². The molecule has 1 amide bonds. The summed E-state index contributed by atoms with van der Waals surface area (Å²) < 4.78 is 5.03. The van der Waals surface area contributed by atoms with E-state index >= 15 is 0 Å². The number of aromatic nitrogens is 2. The van der Waals surface area contributed by atoms with Crippen LogP contribution >= 0.6 is 0 Å². The lowest BCUT2D eigenvalue weighted by Gasteiger charge is -2.33. The number of hydrogen-bond acceptors (Lipinski definition) is 7. The van der Waals surface area contributed by atoms with Crippen LogP contribution in [0.5, 0.6) is 5.75 Å². The minimum Gasteiger partial charge on any atom is -0.508 e. The molecule has 0 aliphatic carbocycles. The van der Waals surface area contributed by atoms with Crippen LogP contribution in [-0.4, -0.2) is 45.2 Å². The van der Waals surface area contributed by atoms with Crippen molar-refractivity contribution in [2.45, 2.75) is 44.7 Å². The van der Waals surface area contributed by atoms with Gasteiger partial charge in [0.25, 0.3) is 0 Å². The molecule has 2 aliphatic heterocycles. The van der Waals surface area contributed by atoms with Gasteiger partial charge in [0.2, 0.25) is 11.8 Å². The zero-order valence-corrected chi connectivity index (χ0v) is 15.4. The van der Waals surface area contributed by atoms with Gasteiger partial charge in [0.05, 0.1) is 0 Å². The first-order chi connectivity index (χ1) is 13.1. The molecule has 144 valence electrons. The Hall–Kier alpha value is -2.45. The first-order valence-electron chi connectivity index (χ1n) is 9.46. The maximum absolute atomic E-state index is 12.8. The summed E-state index contributed by atoms with van der Waals surface area (Å²) in [5.74, 6) is 2.25. The predicted octanol–water partition coefficient (Wildman–Crippen LogP) is 1.47. The monoisotopic (exact) mass is 371 g/mol. The zero-order chi connectivity index (χ0) is 18.8. The number of likely N-dealkylation sites (tertiary alicyclic amines) is 1. The second-order valence-electron chi connectivity index (χ2n) is 7.42. The molecule has 2 atom stereocenters. The largest absolute Gasteiger partial charge is 0.508 e. The van der Waals surface area contributed by atoms with E-state index in [1.807, 2.05) is 17.0 Å². The Balaban J connectivity index is 1.27. The molecule has 3 N–H and O–H groups in total. The van der Waals surface area contributed by atoms with E-state index < -0.39 is 0 Å². The van der Waals surface area contributed by atoms with Crippen molar-refractivity contribution < 1.29 is 14.4 Å². The Kier molecular flexibility index (Phi) is 5.09. The van der Waals surface area contributed by atoms with Gasteiger partial charge in [-0.25, -0.2) is 10.9 Å². The maximum Gasteiger partial charge on any atom is 0.241 e. The van der Waals surface area contributed by atoms with E-state index in [1.54, 1.807) is 19.1 Å². The number of benzene rings is 1. The molecular weight excluding hydrogens is 346 g/mol. The smallest absolute Gasteiger partial charge is 0.241 e. The number of hydrazine groups is 1. The van der Waals surface area contributed by atoms with Crippen LogP contribution in [-0.2, 0) is 11.2 Å². The van der Waals surface area contributed by atoms with Gasteiger partial charge in [-0.15, -0.1) is 0 Å². The van der Waals surface area contributed by atoms with Crippen molar-refractivity contribution in [3.05, 3.63) is 41.5 Å². The summed E-state index contributed by atoms with van der Waals surface area (Å²) in [5, 5.41) is 13.4. The second kappa shape index (κ2) is 7.66. The number of hydrogen-bond donors (Lipinski definition) is 3. The van der Waals surface area contributed by atoms with Gasteiger partial charge in [0.1, 0.15) is 11.8 Å². The number of nitrogens with one attached hydrogen (secondary N) is 2. The van der Waals surface area contributed by atoms with Gasteiger partial charge in [-0.2, -0.15) is 4.98 Å². The highest BCUT2D eigenvalue weighted by Gasteiger charge is 2.34. The summed E-state index contributed by atoms with van der Waals surface area (Å²) in [4.78, 5) is 19.1. The molecule has 2 fully saturated rings. The minimum absolute atomic E-state index is 0.0681. The van der Waals surface area contributed by atoms with Crippen LogP contribution in [0, 0.1) is 12.8 Å². The van der Waals surface area contributed by atoms with Gasteiger partial charge >= 0.3 is 0 Å². The van der Waals surface area contributed by atoms with Crippen LogP contribution in [0.3, 0.4) is 0 Å². The van der Waals surface area contributed by atoms with Crippen LogP contribution in [0.2, 0.25) is 0 Å². The van der Waals surface area contributed by atoms with Gasteiger partial charge in [0.15, 0.2) is 5.82 Å². The van der Waals surface area contributed by atoms with Crippen LogP contribution in [0.15, 0.2) is 28.8 Å². The molecule has 4 rings (SSSR count). The molecule has 0 spiro atoms. The Bertz CT molecular complexity index is 783. The molecule has 27 heavy (non-hydrogen) atoms. The van der Waals surface area contributed by atoms with Gasteiger partial charge in [0, 0.05) is 32.5 Å². The summed E-state index contributed by atoms with van der Waals surface area (Å²) in [6, 6.07) is 6.95. The highest BCUT2D eigenvalue weighted by Crippen LogP contribution is 2.26. The third-order valence-electron chi connectivity index (χ3n) is 5.46. The Labute approximate surface area is 157 Å². The Morgan fingerprint density at radius 1 is 1.26 bits per heavy atom. The van der Waals surface area contributed by atoms with Gasteiger partial charge in [-0.3, -0.25) is 4.79 Å². The summed E-state index contributed by atoms with van der Waals surface area (Å²) >= 11 is 0. The Morgan fingerprint density at radius 3 is 2.67 bits per heavy atom. The number of aryl methyl sites for hydroxylation is 1. The van der Waals surface area contributed by atoms with Crippen molar-refractivity contribution in [3.8, 4) is 5.75 Å². The fourth-order valence-electron chi connectivity index (χ4n) is 3.90. The van der Waals surface area contributed by atoms with Crippen molar-refractivity contribution in [2.75, 3.05) is 13.1 Å². The number of rotatable bonds is 4. The van der Waals surface area contributed by atoms with Crippen molar-refractivity contribution in [1.29, 1.82) is 0 Å². The van der Waals surface area contributed by atoms with Gasteiger partial charge < -0.3 is 14.5 Å². The van der Waals surface area contributed by atoms with Crippen molar-refractivity contribution in [3.63, 3.8) is 0 Å². The summed E-state index contributed by atoms with van der Waals surface area (Å²) in [7, 11) is 0. The topological polar surface area (TPSA) is 104 Å². The highest BCUT2D eigenvalue weighted by atomic mass is 16.5. The average molecular weight is 371 g/mol. The molecule has 3 heterocycles. The van der Waals surface area contributed by atoms with Crippen LogP contribution in [0.25, 0.3) is 0 Å². The van der Waals surface area contributed by atoms with Gasteiger partial charge in [-0.1, -0.05) is 17.3 Å². The SMILES string of the molecule is Cc1nc(CC2CCN(C(=O)C3CC(c4ccc(O)cc4)NN3)CC2)no1. The second-order valence-corrected chi connectivity index (χ2v) is 7.42. The summed E-state index contributed by atoms with van der Waals surface area (Å²) in [5.41, 5.74) is 7.39. The van der Waals surface area contributed by atoms with E-state index in [2.05, 4.69) is 21.0 Å². The molecule has 1 aromatic carbocycles. The fourth-order valence-corrected chi connectivity index (χ4v) is 3.90. The van der Waals surface area contributed by atoms with Crippen molar-refractivity contribution in [2.24, 2.45) is 5.92 Å². The lowest BCUT2D eigenvalue weighted by Crippen LogP contribution is -2.48. The number of carbonyl (C=O) groups is 1. The van der Waals surface area contributed by atoms with Crippen LogP contribution < -0.4 is 10.9 Å². The molecular formula is C19H25N5O3. The summed E-state index contributed by atoms with van der Waals surface area (Å²) in [6.45, 7) is 3.33. The first-order valence-corrected chi connectivity index (χ1v) is 9.46. The number of piperidine rings is 1. The Morgan fingerprint density at radius 2 is 2.00 bits per heavy atom. The number of phenolic OH excluding ortho intramolecular Hbond substituents is 1. The van der Waals surface area contributed by atoms with Crippen LogP contribution in [0.4, 0.5) is 0 Å². The fraction of sp³-hybridized carbons (Fsp3) is 0.526. The normalized spacial score (nSPS) is 23.7. The highest BCUT2D eigenvalue weighted by molar-refractivity contribution is 5.82. The lowest BCUT2D eigenvalue weighted by atomic mass is 9.92. The number of aromatic hydroxyl groups is 1. The van der Waals surface area contributed by atoms with E-state index in [9.17, 15) is 9.90 Å².